The second-order valence-electron chi connectivity index (χ2n) is 6.90. The highest BCUT2D eigenvalue weighted by Crippen LogP contribution is 2.36. The first-order valence-electron chi connectivity index (χ1n) is 9.23. The first-order chi connectivity index (χ1) is 13.2. The maximum atomic E-state index is 13.4. The summed E-state index contributed by atoms with van der Waals surface area (Å²) in [6.45, 7) is 2.87. The number of methoxy groups -OCH3 is 1. The standard InChI is InChI=1S/C22H23N3O2/c1-15-7-3-4-10-18(15)20-11-6-12-25(20)22(26)19-14-23-24-21(19)16-8-5-9-17(13-16)27-2/h3-5,7-10,13-14,20H,6,11-12H2,1-2H3,(H,23,24)/t20-/m1/s1. The van der Waals surface area contributed by atoms with Crippen molar-refractivity contribution in [3.63, 3.8) is 0 Å². The van der Waals surface area contributed by atoms with E-state index >= 15 is 0 Å². The molecule has 0 radical (unpaired) electrons. The van der Waals surface area contributed by atoms with E-state index in [0.717, 1.165) is 36.4 Å². The van der Waals surface area contributed by atoms with Gasteiger partial charge in [0, 0.05) is 12.1 Å². The van der Waals surface area contributed by atoms with E-state index < -0.39 is 0 Å². The van der Waals surface area contributed by atoms with Crippen molar-refractivity contribution in [2.75, 3.05) is 13.7 Å². The highest BCUT2D eigenvalue weighted by atomic mass is 16.5. The molecule has 0 aliphatic carbocycles. The molecular weight excluding hydrogens is 338 g/mol. The minimum atomic E-state index is 0.0207. The summed E-state index contributed by atoms with van der Waals surface area (Å²) in [7, 11) is 1.63. The highest BCUT2D eigenvalue weighted by Gasteiger charge is 2.33. The van der Waals surface area contributed by atoms with Crippen molar-refractivity contribution in [2.45, 2.75) is 25.8 Å². The fraction of sp³-hybridized carbons (Fsp3) is 0.273. The zero-order chi connectivity index (χ0) is 18.8. The van der Waals surface area contributed by atoms with E-state index in [1.54, 1.807) is 13.3 Å². The Balaban J connectivity index is 1.67. The summed E-state index contributed by atoms with van der Waals surface area (Å²) in [5.74, 6) is 0.770. The molecule has 1 N–H and O–H groups in total. The van der Waals surface area contributed by atoms with Gasteiger partial charge < -0.3 is 9.64 Å². The summed E-state index contributed by atoms with van der Waals surface area (Å²) in [6.07, 6.45) is 3.63. The predicted molar refractivity (Wildman–Crippen MR) is 105 cm³/mol. The van der Waals surface area contributed by atoms with E-state index in [-0.39, 0.29) is 11.9 Å². The lowest BCUT2D eigenvalue weighted by molar-refractivity contribution is 0.0736. The van der Waals surface area contributed by atoms with Crippen molar-refractivity contribution < 1.29 is 9.53 Å². The lowest BCUT2D eigenvalue weighted by atomic mass is 9.99. The number of aryl methyl sites for hydroxylation is 1. The van der Waals surface area contributed by atoms with Gasteiger partial charge in [-0.05, 0) is 43.0 Å². The number of aromatic nitrogens is 2. The van der Waals surface area contributed by atoms with Crippen LogP contribution in [0.5, 0.6) is 5.75 Å². The molecule has 2 aromatic carbocycles. The van der Waals surface area contributed by atoms with Crippen molar-refractivity contribution in [3.8, 4) is 17.0 Å². The van der Waals surface area contributed by atoms with Crippen LogP contribution in [0.4, 0.5) is 0 Å². The van der Waals surface area contributed by atoms with Crippen molar-refractivity contribution in [1.82, 2.24) is 15.1 Å². The van der Waals surface area contributed by atoms with Crippen LogP contribution in [0.25, 0.3) is 11.3 Å². The fourth-order valence-corrected chi connectivity index (χ4v) is 3.90. The molecule has 0 spiro atoms. The molecule has 2 heterocycles. The van der Waals surface area contributed by atoms with Crippen LogP contribution in [0.1, 0.15) is 40.4 Å². The lowest BCUT2D eigenvalue weighted by Crippen LogP contribution is -2.31. The first kappa shape index (κ1) is 17.3. The average Bonchev–Trinajstić information content (AvgIpc) is 3.37. The van der Waals surface area contributed by atoms with Crippen LogP contribution in [0.2, 0.25) is 0 Å². The maximum absolute atomic E-state index is 13.4. The van der Waals surface area contributed by atoms with Gasteiger partial charge in [0.1, 0.15) is 5.75 Å². The number of carbonyl (C=O) groups excluding carboxylic acids is 1. The Labute approximate surface area is 159 Å². The summed E-state index contributed by atoms with van der Waals surface area (Å²) in [4.78, 5) is 15.4. The molecule has 1 atom stereocenters. The van der Waals surface area contributed by atoms with Crippen LogP contribution < -0.4 is 4.74 Å². The number of H-pyrrole nitrogens is 1. The van der Waals surface area contributed by atoms with E-state index in [2.05, 4.69) is 29.3 Å². The summed E-state index contributed by atoms with van der Waals surface area (Å²) in [5.41, 5.74) is 4.68. The molecule has 0 unspecified atom stereocenters. The highest BCUT2D eigenvalue weighted by molar-refractivity contribution is 6.00. The maximum Gasteiger partial charge on any atom is 0.258 e. The van der Waals surface area contributed by atoms with Crippen molar-refractivity contribution in [1.29, 1.82) is 0 Å². The molecule has 1 amide bonds. The molecule has 27 heavy (non-hydrogen) atoms. The number of benzene rings is 2. The zero-order valence-corrected chi connectivity index (χ0v) is 15.6. The first-order valence-corrected chi connectivity index (χ1v) is 9.23. The van der Waals surface area contributed by atoms with Gasteiger partial charge in [-0.1, -0.05) is 36.4 Å². The number of nitrogens with zero attached hydrogens (tertiary/aromatic N) is 2. The Kier molecular flexibility index (Phi) is 4.67. The van der Waals surface area contributed by atoms with Gasteiger partial charge in [-0.2, -0.15) is 5.10 Å². The van der Waals surface area contributed by atoms with Gasteiger partial charge in [-0.15, -0.1) is 0 Å². The lowest BCUT2D eigenvalue weighted by Gasteiger charge is -2.26. The number of hydrogen-bond donors (Lipinski definition) is 1. The van der Waals surface area contributed by atoms with E-state index in [0.29, 0.717) is 5.56 Å². The van der Waals surface area contributed by atoms with Gasteiger partial charge in [0.2, 0.25) is 0 Å². The Morgan fingerprint density at radius 2 is 2.07 bits per heavy atom. The second kappa shape index (κ2) is 7.27. The number of rotatable bonds is 4. The van der Waals surface area contributed by atoms with Crippen LogP contribution in [-0.2, 0) is 0 Å². The largest absolute Gasteiger partial charge is 0.497 e. The number of amides is 1. The molecular formula is C22H23N3O2. The van der Waals surface area contributed by atoms with Crippen LogP contribution >= 0.6 is 0 Å². The van der Waals surface area contributed by atoms with E-state index in [1.807, 2.05) is 41.3 Å². The van der Waals surface area contributed by atoms with Crippen molar-refractivity contribution >= 4 is 5.91 Å². The molecule has 5 nitrogen and oxygen atoms in total. The molecule has 1 fully saturated rings. The molecule has 5 heteroatoms. The van der Waals surface area contributed by atoms with E-state index in [4.69, 9.17) is 4.74 Å². The Bertz CT molecular complexity index is 963. The normalized spacial score (nSPS) is 16.5. The SMILES string of the molecule is COc1cccc(-c2[nH]ncc2C(=O)N2CCC[C@@H]2c2ccccc2C)c1. The topological polar surface area (TPSA) is 58.2 Å². The van der Waals surface area contributed by atoms with Crippen LogP contribution in [-0.4, -0.2) is 34.7 Å². The monoisotopic (exact) mass is 361 g/mol. The van der Waals surface area contributed by atoms with Gasteiger partial charge in [-0.3, -0.25) is 9.89 Å². The number of carbonyl (C=O) groups is 1. The average molecular weight is 361 g/mol. The van der Waals surface area contributed by atoms with E-state index in [1.165, 1.54) is 11.1 Å². The molecule has 1 aliphatic heterocycles. The summed E-state index contributed by atoms with van der Waals surface area (Å²) in [5, 5.41) is 7.14. The number of nitrogens with one attached hydrogen (secondary N) is 1. The molecule has 0 saturated carbocycles. The smallest absolute Gasteiger partial charge is 0.258 e. The molecule has 138 valence electrons. The Morgan fingerprint density at radius 1 is 1.22 bits per heavy atom. The van der Waals surface area contributed by atoms with Crippen LogP contribution in [0.15, 0.2) is 54.7 Å². The number of likely N-dealkylation sites (tertiary alicyclic amines) is 1. The number of ether oxygens (including phenoxy) is 1. The third kappa shape index (κ3) is 3.21. The molecule has 0 bridgehead atoms. The number of aromatic amines is 1. The van der Waals surface area contributed by atoms with Crippen LogP contribution in [0, 0.1) is 6.92 Å². The zero-order valence-electron chi connectivity index (χ0n) is 15.6. The molecule has 1 saturated heterocycles. The molecule has 4 rings (SSSR count). The minimum absolute atomic E-state index is 0.0207. The third-order valence-corrected chi connectivity index (χ3v) is 5.29. The second-order valence-corrected chi connectivity index (χ2v) is 6.90. The molecule has 1 aliphatic rings. The fourth-order valence-electron chi connectivity index (χ4n) is 3.90. The van der Waals surface area contributed by atoms with Gasteiger partial charge in [-0.25, -0.2) is 0 Å². The Morgan fingerprint density at radius 3 is 2.89 bits per heavy atom. The molecule has 3 aromatic rings. The van der Waals surface area contributed by atoms with Crippen molar-refractivity contribution in [3.05, 3.63) is 71.4 Å². The number of hydrogen-bond acceptors (Lipinski definition) is 3. The summed E-state index contributed by atoms with van der Waals surface area (Å²) >= 11 is 0. The van der Waals surface area contributed by atoms with Crippen molar-refractivity contribution in [2.24, 2.45) is 0 Å². The third-order valence-electron chi connectivity index (χ3n) is 5.29. The quantitative estimate of drug-likeness (QED) is 0.751. The molecule has 1 aromatic heterocycles. The van der Waals surface area contributed by atoms with E-state index in [9.17, 15) is 4.79 Å². The predicted octanol–water partition coefficient (Wildman–Crippen LogP) is 4.37. The summed E-state index contributed by atoms with van der Waals surface area (Å²) < 4.78 is 5.31. The van der Waals surface area contributed by atoms with Gasteiger partial charge >= 0.3 is 0 Å². The van der Waals surface area contributed by atoms with Gasteiger partial charge in [0.15, 0.2) is 0 Å². The Hall–Kier alpha value is -3.08. The van der Waals surface area contributed by atoms with Gasteiger partial charge in [0.25, 0.3) is 5.91 Å². The minimum Gasteiger partial charge on any atom is -0.497 e. The van der Waals surface area contributed by atoms with Gasteiger partial charge in [0.05, 0.1) is 30.6 Å². The summed E-state index contributed by atoms with van der Waals surface area (Å²) in [6, 6.07) is 16.1. The van der Waals surface area contributed by atoms with Crippen LogP contribution in [0.3, 0.4) is 0 Å².